The van der Waals surface area contributed by atoms with Gasteiger partial charge in [-0.1, -0.05) is 6.92 Å². The number of anilines is 2. The first kappa shape index (κ1) is 15.1. The van der Waals surface area contributed by atoms with E-state index in [9.17, 15) is 8.42 Å². The van der Waals surface area contributed by atoms with Gasteiger partial charge in [0.15, 0.2) is 0 Å². The third-order valence-electron chi connectivity index (χ3n) is 3.93. The molecular formula is C14H23N3O2S. The van der Waals surface area contributed by atoms with E-state index in [1.54, 1.807) is 12.1 Å². The molecule has 0 radical (unpaired) electrons. The van der Waals surface area contributed by atoms with Crippen LogP contribution in [0, 0.1) is 19.8 Å². The zero-order chi connectivity index (χ0) is 14.9. The molecule has 1 aliphatic rings. The molecule has 20 heavy (non-hydrogen) atoms. The molecule has 0 saturated carbocycles. The van der Waals surface area contributed by atoms with Gasteiger partial charge in [0.05, 0.1) is 5.69 Å². The summed E-state index contributed by atoms with van der Waals surface area (Å²) in [5, 5.41) is 0. The summed E-state index contributed by atoms with van der Waals surface area (Å²) in [7, 11) is -3.47. The van der Waals surface area contributed by atoms with E-state index < -0.39 is 10.2 Å². The predicted molar refractivity (Wildman–Crippen MR) is 82.8 cm³/mol. The molecule has 1 aliphatic heterocycles. The smallest absolute Gasteiger partial charge is 0.301 e. The molecule has 0 amide bonds. The fourth-order valence-electron chi connectivity index (χ4n) is 2.38. The number of aryl methyl sites for hydroxylation is 2. The molecule has 5 nitrogen and oxygen atoms in total. The van der Waals surface area contributed by atoms with E-state index in [4.69, 9.17) is 5.73 Å². The van der Waals surface area contributed by atoms with Gasteiger partial charge < -0.3 is 5.73 Å². The average Bonchev–Trinajstić information content (AvgIpc) is 2.36. The average molecular weight is 297 g/mol. The van der Waals surface area contributed by atoms with E-state index >= 15 is 0 Å². The highest BCUT2D eigenvalue weighted by atomic mass is 32.2. The van der Waals surface area contributed by atoms with Crippen LogP contribution in [0.4, 0.5) is 11.4 Å². The Kier molecular flexibility index (Phi) is 4.25. The number of nitrogens with one attached hydrogen (secondary N) is 1. The van der Waals surface area contributed by atoms with Gasteiger partial charge in [0.25, 0.3) is 0 Å². The Morgan fingerprint density at radius 3 is 2.40 bits per heavy atom. The van der Waals surface area contributed by atoms with Crippen molar-refractivity contribution in [2.45, 2.75) is 33.6 Å². The van der Waals surface area contributed by atoms with Crippen molar-refractivity contribution in [1.29, 1.82) is 0 Å². The summed E-state index contributed by atoms with van der Waals surface area (Å²) in [5.41, 5.74) is 8.82. The van der Waals surface area contributed by atoms with Crippen LogP contribution in [-0.2, 0) is 10.2 Å². The van der Waals surface area contributed by atoms with Crippen molar-refractivity contribution in [2.75, 3.05) is 23.5 Å². The van der Waals surface area contributed by atoms with Gasteiger partial charge in [-0.2, -0.15) is 12.7 Å². The van der Waals surface area contributed by atoms with Crippen LogP contribution >= 0.6 is 0 Å². The van der Waals surface area contributed by atoms with Gasteiger partial charge in [-0.25, -0.2) is 0 Å². The number of nitrogen functional groups attached to an aromatic ring is 1. The molecule has 0 spiro atoms. The van der Waals surface area contributed by atoms with Crippen LogP contribution in [0.5, 0.6) is 0 Å². The van der Waals surface area contributed by atoms with Crippen molar-refractivity contribution in [3.05, 3.63) is 23.3 Å². The number of nitrogens with two attached hydrogens (primary N) is 1. The fraction of sp³-hybridized carbons (Fsp3) is 0.571. The largest absolute Gasteiger partial charge is 0.399 e. The highest BCUT2D eigenvalue weighted by Gasteiger charge is 2.26. The standard InChI is InChI=1S/C14H23N3O2S/c1-10-4-6-17(7-5-10)20(18,19)16-14-9-11(2)13(15)8-12(14)3/h8-10,16H,4-7,15H2,1-3H3. The molecule has 112 valence electrons. The number of hydrogen-bond acceptors (Lipinski definition) is 3. The second kappa shape index (κ2) is 5.61. The molecule has 1 saturated heterocycles. The zero-order valence-electron chi connectivity index (χ0n) is 12.3. The topological polar surface area (TPSA) is 75.4 Å². The molecule has 1 heterocycles. The number of hydrogen-bond donors (Lipinski definition) is 2. The summed E-state index contributed by atoms with van der Waals surface area (Å²) in [4.78, 5) is 0. The summed E-state index contributed by atoms with van der Waals surface area (Å²) in [6, 6.07) is 3.58. The highest BCUT2D eigenvalue weighted by molar-refractivity contribution is 7.90. The summed E-state index contributed by atoms with van der Waals surface area (Å²) >= 11 is 0. The fourth-order valence-corrected chi connectivity index (χ4v) is 3.70. The highest BCUT2D eigenvalue weighted by Crippen LogP contribution is 2.25. The minimum atomic E-state index is -3.47. The van der Waals surface area contributed by atoms with Crippen molar-refractivity contribution in [3.63, 3.8) is 0 Å². The maximum atomic E-state index is 12.4. The second-order valence-electron chi connectivity index (χ2n) is 5.71. The van der Waals surface area contributed by atoms with E-state index in [1.165, 1.54) is 4.31 Å². The first-order chi connectivity index (χ1) is 9.29. The van der Waals surface area contributed by atoms with Gasteiger partial charge in [0.1, 0.15) is 0 Å². The van der Waals surface area contributed by atoms with Crippen LogP contribution in [0.2, 0.25) is 0 Å². The molecule has 0 unspecified atom stereocenters. The minimum absolute atomic E-state index is 0.587. The number of rotatable bonds is 3. The first-order valence-electron chi connectivity index (χ1n) is 6.94. The summed E-state index contributed by atoms with van der Waals surface area (Å²) in [6.07, 6.45) is 1.83. The lowest BCUT2D eigenvalue weighted by molar-refractivity contribution is 0.289. The van der Waals surface area contributed by atoms with Crippen molar-refractivity contribution in [3.8, 4) is 0 Å². The Bertz CT molecular complexity index is 591. The molecule has 3 N–H and O–H groups in total. The molecule has 0 aromatic heterocycles. The van der Waals surface area contributed by atoms with Gasteiger partial charge in [-0.3, -0.25) is 4.72 Å². The van der Waals surface area contributed by atoms with E-state index in [0.29, 0.717) is 30.4 Å². The second-order valence-corrected chi connectivity index (χ2v) is 7.38. The van der Waals surface area contributed by atoms with Crippen molar-refractivity contribution in [1.82, 2.24) is 4.31 Å². The Morgan fingerprint density at radius 1 is 1.20 bits per heavy atom. The van der Waals surface area contributed by atoms with Crippen molar-refractivity contribution < 1.29 is 8.42 Å². The molecule has 1 aromatic rings. The zero-order valence-corrected chi connectivity index (χ0v) is 13.1. The molecule has 1 fully saturated rings. The summed E-state index contributed by atoms with van der Waals surface area (Å²) in [5.74, 6) is 0.599. The normalized spacial score (nSPS) is 18.1. The van der Waals surface area contributed by atoms with Gasteiger partial charge in [-0.15, -0.1) is 0 Å². The van der Waals surface area contributed by atoms with Crippen LogP contribution < -0.4 is 10.5 Å². The van der Waals surface area contributed by atoms with Gasteiger partial charge in [0, 0.05) is 18.8 Å². The van der Waals surface area contributed by atoms with Crippen molar-refractivity contribution in [2.24, 2.45) is 5.92 Å². The Labute approximate surface area is 121 Å². The van der Waals surface area contributed by atoms with Crippen LogP contribution in [0.3, 0.4) is 0 Å². The van der Waals surface area contributed by atoms with Gasteiger partial charge >= 0.3 is 10.2 Å². The minimum Gasteiger partial charge on any atom is -0.399 e. The Hall–Kier alpha value is -1.27. The number of piperidine rings is 1. The van der Waals surface area contributed by atoms with E-state index in [2.05, 4.69) is 11.6 Å². The third-order valence-corrected chi connectivity index (χ3v) is 5.46. The molecule has 0 atom stereocenters. The lowest BCUT2D eigenvalue weighted by Crippen LogP contribution is -2.41. The monoisotopic (exact) mass is 297 g/mol. The van der Waals surface area contributed by atoms with Crippen LogP contribution in [0.25, 0.3) is 0 Å². The van der Waals surface area contributed by atoms with Gasteiger partial charge in [0.2, 0.25) is 0 Å². The molecular weight excluding hydrogens is 274 g/mol. The van der Waals surface area contributed by atoms with E-state index in [-0.39, 0.29) is 0 Å². The SMILES string of the molecule is Cc1cc(NS(=O)(=O)N2CCC(C)CC2)c(C)cc1N. The maximum absolute atomic E-state index is 12.4. The molecule has 2 rings (SSSR count). The number of benzene rings is 1. The summed E-state index contributed by atoms with van der Waals surface area (Å²) in [6.45, 7) is 7.05. The van der Waals surface area contributed by atoms with E-state index in [1.807, 2.05) is 13.8 Å². The van der Waals surface area contributed by atoms with Crippen molar-refractivity contribution >= 4 is 21.6 Å². The lowest BCUT2D eigenvalue weighted by atomic mass is 10.0. The van der Waals surface area contributed by atoms with Crippen LogP contribution in [0.15, 0.2) is 12.1 Å². The summed E-state index contributed by atoms with van der Waals surface area (Å²) < 4.78 is 29.0. The third kappa shape index (κ3) is 3.24. The van der Waals surface area contributed by atoms with Gasteiger partial charge in [-0.05, 0) is 55.9 Å². The lowest BCUT2D eigenvalue weighted by Gasteiger charge is -2.29. The molecule has 0 aliphatic carbocycles. The molecule has 6 heteroatoms. The van der Waals surface area contributed by atoms with Crippen LogP contribution in [-0.4, -0.2) is 25.8 Å². The van der Waals surface area contributed by atoms with Crippen LogP contribution in [0.1, 0.15) is 30.9 Å². The Morgan fingerprint density at radius 2 is 1.80 bits per heavy atom. The maximum Gasteiger partial charge on any atom is 0.301 e. The van der Waals surface area contributed by atoms with E-state index in [0.717, 1.165) is 24.0 Å². The molecule has 0 bridgehead atoms. The Balaban J connectivity index is 2.18. The first-order valence-corrected chi connectivity index (χ1v) is 8.38. The quantitative estimate of drug-likeness (QED) is 0.840. The number of nitrogens with zero attached hydrogens (tertiary/aromatic N) is 1. The predicted octanol–water partition coefficient (Wildman–Crippen LogP) is 2.27. The molecule has 1 aromatic carbocycles.